The molecule has 20 heavy (non-hydrogen) atoms. The van der Waals surface area contributed by atoms with Gasteiger partial charge in [0.25, 0.3) is 0 Å². The van der Waals surface area contributed by atoms with Crippen molar-refractivity contribution in [3.8, 4) is 5.75 Å². The molecule has 0 saturated carbocycles. The molecular weight excluding hydrogens is 264 g/mol. The second-order valence-electron chi connectivity index (χ2n) is 4.28. The molecule has 2 rings (SSSR count). The SMILES string of the molecule is C/C(=N/O)c1cccc(OCc2cc(F)cc(F)c2)c1. The fourth-order valence-corrected chi connectivity index (χ4v) is 1.73. The Morgan fingerprint density at radius 2 is 1.85 bits per heavy atom. The fraction of sp³-hybridized carbons (Fsp3) is 0.133. The van der Waals surface area contributed by atoms with Gasteiger partial charge in [0.05, 0.1) is 5.71 Å². The first-order valence-corrected chi connectivity index (χ1v) is 5.95. The number of hydrogen-bond donors (Lipinski definition) is 1. The molecule has 0 bridgehead atoms. The predicted octanol–water partition coefficient (Wildman–Crippen LogP) is 3.74. The summed E-state index contributed by atoms with van der Waals surface area (Å²) in [4.78, 5) is 0. The minimum atomic E-state index is -0.638. The van der Waals surface area contributed by atoms with Crippen LogP contribution in [0.1, 0.15) is 18.1 Å². The Hall–Kier alpha value is -2.43. The largest absolute Gasteiger partial charge is 0.489 e. The van der Waals surface area contributed by atoms with Crippen LogP contribution in [0.4, 0.5) is 8.78 Å². The van der Waals surface area contributed by atoms with Crippen molar-refractivity contribution in [1.29, 1.82) is 0 Å². The highest BCUT2D eigenvalue weighted by molar-refractivity contribution is 5.98. The molecule has 0 spiro atoms. The van der Waals surface area contributed by atoms with Gasteiger partial charge in [-0.2, -0.15) is 0 Å². The molecule has 2 aromatic carbocycles. The maximum absolute atomic E-state index is 13.0. The van der Waals surface area contributed by atoms with Crippen molar-refractivity contribution in [3.05, 3.63) is 65.2 Å². The van der Waals surface area contributed by atoms with E-state index in [9.17, 15) is 8.78 Å². The van der Waals surface area contributed by atoms with Gasteiger partial charge in [-0.15, -0.1) is 0 Å². The number of halogens is 2. The summed E-state index contributed by atoms with van der Waals surface area (Å²) in [6.07, 6.45) is 0. The molecule has 104 valence electrons. The van der Waals surface area contributed by atoms with Crippen LogP contribution in [0.25, 0.3) is 0 Å². The first kappa shape index (κ1) is 14.0. The summed E-state index contributed by atoms with van der Waals surface area (Å²) in [7, 11) is 0. The Balaban J connectivity index is 2.11. The van der Waals surface area contributed by atoms with Gasteiger partial charge >= 0.3 is 0 Å². The zero-order valence-electron chi connectivity index (χ0n) is 10.8. The van der Waals surface area contributed by atoms with Crippen LogP contribution in [-0.4, -0.2) is 10.9 Å². The van der Waals surface area contributed by atoms with Crippen LogP contribution in [-0.2, 0) is 6.61 Å². The highest BCUT2D eigenvalue weighted by atomic mass is 19.1. The van der Waals surface area contributed by atoms with E-state index < -0.39 is 11.6 Å². The topological polar surface area (TPSA) is 41.8 Å². The van der Waals surface area contributed by atoms with E-state index in [2.05, 4.69) is 5.16 Å². The lowest BCUT2D eigenvalue weighted by Gasteiger charge is -2.08. The summed E-state index contributed by atoms with van der Waals surface area (Å²) in [5.74, 6) is -0.753. The highest BCUT2D eigenvalue weighted by Crippen LogP contribution is 2.17. The lowest BCUT2D eigenvalue weighted by molar-refractivity contribution is 0.304. The molecule has 0 fully saturated rings. The van der Waals surface area contributed by atoms with E-state index in [1.54, 1.807) is 31.2 Å². The minimum Gasteiger partial charge on any atom is -0.489 e. The monoisotopic (exact) mass is 277 g/mol. The molecule has 0 aliphatic carbocycles. The summed E-state index contributed by atoms with van der Waals surface area (Å²) in [6, 6.07) is 10.1. The molecule has 1 N–H and O–H groups in total. The van der Waals surface area contributed by atoms with Gasteiger partial charge in [0, 0.05) is 11.6 Å². The Morgan fingerprint density at radius 3 is 2.50 bits per heavy atom. The van der Waals surface area contributed by atoms with Gasteiger partial charge in [-0.1, -0.05) is 17.3 Å². The standard InChI is InChI=1S/C15H13F2NO2/c1-10(18-19)12-3-2-4-15(7-12)20-9-11-5-13(16)8-14(17)6-11/h2-8,19H,9H2,1H3/b18-10-. The minimum absolute atomic E-state index is 0.0491. The summed E-state index contributed by atoms with van der Waals surface area (Å²) in [6.45, 7) is 1.70. The molecule has 0 saturated heterocycles. The zero-order chi connectivity index (χ0) is 14.5. The first-order valence-electron chi connectivity index (χ1n) is 5.95. The van der Waals surface area contributed by atoms with E-state index in [1.165, 1.54) is 12.1 Å². The molecule has 0 radical (unpaired) electrons. The van der Waals surface area contributed by atoms with E-state index >= 15 is 0 Å². The molecule has 0 amide bonds. The zero-order valence-corrected chi connectivity index (χ0v) is 10.8. The average Bonchev–Trinajstić information content (AvgIpc) is 2.43. The normalized spacial score (nSPS) is 11.4. The third-order valence-corrected chi connectivity index (χ3v) is 2.73. The van der Waals surface area contributed by atoms with E-state index in [-0.39, 0.29) is 6.61 Å². The van der Waals surface area contributed by atoms with Crippen molar-refractivity contribution in [3.63, 3.8) is 0 Å². The number of ether oxygens (including phenoxy) is 1. The maximum Gasteiger partial charge on any atom is 0.126 e. The Morgan fingerprint density at radius 1 is 1.15 bits per heavy atom. The van der Waals surface area contributed by atoms with E-state index in [1.807, 2.05) is 0 Å². The van der Waals surface area contributed by atoms with E-state index in [0.717, 1.165) is 6.07 Å². The van der Waals surface area contributed by atoms with Gasteiger partial charge in [0.2, 0.25) is 0 Å². The smallest absolute Gasteiger partial charge is 0.126 e. The molecule has 0 unspecified atom stereocenters. The fourth-order valence-electron chi connectivity index (χ4n) is 1.73. The molecular formula is C15H13F2NO2. The second-order valence-corrected chi connectivity index (χ2v) is 4.28. The molecule has 0 aliphatic rings. The van der Waals surface area contributed by atoms with Gasteiger partial charge in [0.1, 0.15) is 24.0 Å². The molecule has 0 aliphatic heterocycles. The van der Waals surface area contributed by atoms with Crippen molar-refractivity contribution < 1.29 is 18.7 Å². The van der Waals surface area contributed by atoms with E-state index in [4.69, 9.17) is 9.94 Å². The van der Waals surface area contributed by atoms with Crippen LogP contribution >= 0.6 is 0 Å². The van der Waals surface area contributed by atoms with Crippen molar-refractivity contribution in [2.24, 2.45) is 5.16 Å². The molecule has 0 heterocycles. The first-order chi connectivity index (χ1) is 9.58. The highest BCUT2D eigenvalue weighted by Gasteiger charge is 2.03. The molecule has 5 heteroatoms. The average molecular weight is 277 g/mol. The van der Waals surface area contributed by atoms with Gasteiger partial charge in [-0.05, 0) is 36.8 Å². The third kappa shape index (κ3) is 3.54. The van der Waals surface area contributed by atoms with Crippen LogP contribution in [0.3, 0.4) is 0 Å². The number of oxime groups is 1. The van der Waals surface area contributed by atoms with Gasteiger partial charge in [-0.3, -0.25) is 0 Å². The molecule has 2 aromatic rings. The molecule has 0 atom stereocenters. The van der Waals surface area contributed by atoms with Crippen LogP contribution in [0.5, 0.6) is 5.75 Å². The van der Waals surface area contributed by atoms with Gasteiger partial charge < -0.3 is 9.94 Å². The van der Waals surface area contributed by atoms with Gasteiger partial charge in [0.15, 0.2) is 0 Å². The van der Waals surface area contributed by atoms with Crippen molar-refractivity contribution >= 4 is 5.71 Å². The molecule has 0 aromatic heterocycles. The summed E-state index contributed by atoms with van der Waals surface area (Å²) in [5.41, 5.74) is 1.56. The van der Waals surface area contributed by atoms with Crippen molar-refractivity contribution in [2.75, 3.05) is 0 Å². The van der Waals surface area contributed by atoms with Crippen LogP contribution in [0.15, 0.2) is 47.6 Å². The van der Waals surface area contributed by atoms with Crippen LogP contribution < -0.4 is 4.74 Å². The third-order valence-electron chi connectivity index (χ3n) is 2.73. The lowest BCUT2D eigenvalue weighted by atomic mass is 10.1. The second kappa shape index (κ2) is 6.14. The van der Waals surface area contributed by atoms with Crippen molar-refractivity contribution in [1.82, 2.24) is 0 Å². The predicted molar refractivity (Wildman–Crippen MR) is 71.1 cm³/mol. The summed E-state index contributed by atoms with van der Waals surface area (Å²) < 4.78 is 31.5. The number of nitrogens with zero attached hydrogens (tertiary/aromatic N) is 1. The van der Waals surface area contributed by atoms with Gasteiger partial charge in [-0.25, -0.2) is 8.78 Å². The number of hydrogen-bond acceptors (Lipinski definition) is 3. The summed E-state index contributed by atoms with van der Waals surface area (Å²) >= 11 is 0. The van der Waals surface area contributed by atoms with E-state index in [0.29, 0.717) is 22.6 Å². The lowest BCUT2D eigenvalue weighted by Crippen LogP contribution is -1.99. The maximum atomic E-state index is 13.0. The van der Waals surface area contributed by atoms with Crippen LogP contribution in [0, 0.1) is 11.6 Å². The number of rotatable bonds is 4. The Kier molecular flexibility index (Phi) is 4.30. The van der Waals surface area contributed by atoms with Crippen LogP contribution in [0.2, 0.25) is 0 Å². The quantitative estimate of drug-likeness (QED) is 0.525. The van der Waals surface area contributed by atoms with Crippen molar-refractivity contribution in [2.45, 2.75) is 13.5 Å². The Bertz CT molecular complexity index is 621. The number of benzene rings is 2. The summed E-state index contributed by atoms with van der Waals surface area (Å²) in [5, 5.41) is 11.8. The Labute approximate surface area is 115 Å². The molecule has 3 nitrogen and oxygen atoms in total.